The second kappa shape index (κ2) is 7.52. The minimum Gasteiger partial charge on any atom is -0.468 e. The number of ketones is 1. The zero-order valence-electron chi connectivity index (χ0n) is 11.8. The largest absolute Gasteiger partial charge is 0.468 e. The second-order valence-electron chi connectivity index (χ2n) is 4.38. The van der Waals surface area contributed by atoms with E-state index < -0.39 is 41.7 Å². The summed E-state index contributed by atoms with van der Waals surface area (Å²) >= 11 is 0. The number of methoxy groups -OCH3 is 1. The third kappa shape index (κ3) is 4.90. The molecule has 0 aliphatic heterocycles. The van der Waals surface area contributed by atoms with Crippen molar-refractivity contribution < 1.29 is 37.1 Å². The van der Waals surface area contributed by atoms with Crippen LogP contribution in [0.15, 0.2) is 24.3 Å². The van der Waals surface area contributed by atoms with E-state index in [-0.39, 0.29) is 12.0 Å². The van der Waals surface area contributed by atoms with Gasteiger partial charge in [0.05, 0.1) is 12.7 Å². The Bertz CT molecular complexity index is 627. The number of halogens is 3. The number of anilines is 1. The molecule has 0 heterocycles. The maximum Gasteiger partial charge on any atom is 0.416 e. The number of carbonyl (C=O) groups excluding carboxylic acids is 4. The number of nitrogens with one attached hydrogen (secondary N) is 1. The first-order chi connectivity index (χ1) is 10.7. The van der Waals surface area contributed by atoms with E-state index in [4.69, 9.17) is 0 Å². The lowest BCUT2D eigenvalue weighted by molar-refractivity contribution is -0.153. The predicted molar refractivity (Wildman–Crippen MR) is 71.3 cm³/mol. The maximum absolute atomic E-state index is 12.6. The third-order valence-corrected chi connectivity index (χ3v) is 2.81. The first-order valence-electron chi connectivity index (χ1n) is 6.24. The summed E-state index contributed by atoms with van der Waals surface area (Å²) in [7, 11) is 0.970. The molecule has 0 aromatic heterocycles. The molecule has 124 valence electrons. The minimum atomic E-state index is -4.61. The van der Waals surface area contributed by atoms with Crippen LogP contribution in [0, 0.1) is 5.92 Å². The van der Waals surface area contributed by atoms with Gasteiger partial charge in [-0.05, 0) is 18.2 Å². The average Bonchev–Trinajstić information content (AvgIpc) is 2.50. The first-order valence-corrected chi connectivity index (χ1v) is 6.24. The Labute approximate surface area is 128 Å². The summed E-state index contributed by atoms with van der Waals surface area (Å²) in [5.74, 6) is -5.31. The highest BCUT2D eigenvalue weighted by Crippen LogP contribution is 2.30. The van der Waals surface area contributed by atoms with Gasteiger partial charge in [-0.3, -0.25) is 14.4 Å². The van der Waals surface area contributed by atoms with Crippen molar-refractivity contribution in [2.75, 3.05) is 12.4 Å². The fourth-order valence-electron chi connectivity index (χ4n) is 1.67. The van der Waals surface area contributed by atoms with Crippen LogP contribution < -0.4 is 5.32 Å². The molecule has 0 saturated carbocycles. The zero-order chi connectivity index (χ0) is 17.6. The van der Waals surface area contributed by atoms with Gasteiger partial charge >= 0.3 is 12.1 Å². The predicted octanol–water partition coefficient (Wildman–Crippen LogP) is 1.59. The monoisotopic (exact) mass is 331 g/mol. The number of benzene rings is 1. The molecule has 23 heavy (non-hydrogen) atoms. The molecular formula is C14H12F3NO5. The number of carbonyl (C=O) groups is 4. The topological polar surface area (TPSA) is 89.5 Å². The highest BCUT2D eigenvalue weighted by molar-refractivity contribution is 6.44. The maximum atomic E-state index is 12.6. The Kier molecular flexibility index (Phi) is 6.00. The van der Waals surface area contributed by atoms with E-state index in [1.165, 1.54) is 0 Å². The molecule has 1 N–H and O–H groups in total. The summed E-state index contributed by atoms with van der Waals surface area (Å²) in [4.78, 5) is 45.4. The lowest BCUT2D eigenvalue weighted by Crippen LogP contribution is -2.35. The van der Waals surface area contributed by atoms with Crippen molar-refractivity contribution >= 4 is 29.6 Å². The van der Waals surface area contributed by atoms with Crippen molar-refractivity contribution in [2.45, 2.75) is 12.6 Å². The molecule has 0 bridgehead atoms. The molecule has 0 radical (unpaired) electrons. The summed E-state index contributed by atoms with van der Waals surface area (Å²) < 4.78 is 42.0. The van der Waals surface area contributed by atoms with Crippen LogP contribution in [0.25, 0.3) is 0 Å². The minimum absolute atomic E-state index is 0.261. The standard InChI is InChI=1S/C14H12F3NO5/c1-23-13(22)10(5-6-19)11(20)12(21)18-9-4-2-3-8(7-9)14(15,16)17/h2-4,6-7,10H,5H2,1H3,(H,18,21)/t10-/m0/s1. The van der Waals surface area contributed by atoms with Crippen LogP contribution in [0.3, 0.4) is 0 Å². The van der Waals surface area contributed by atoms with Crippen LogP contribution in [0.5, 0.6) is 0 Å². The molecule has 0 spiro atoms. The number of ether oxygens (including phenoxy) is 1. The van der Waals surface area contributed by atoms with E-state index in [1.54, 1.807) is 0 Å². The molecule has 0 fully saturated rings. The van der Waals surface area contributed by atoms with E-state index in [0.717, 1.165) is 25.3 Å². The Hall–Kier alpha value is -2.71. The molecular weight excluding hydrogens is 319 g/mol. The lowest BCUT2D eigenvalue weighted by Gasteiger charge is -2.12. The highest BCUT2D eigenvalue weighted by atomic mass is 19.4. The smallest absolute Gasteiger partial charge is 0.416 e. The lowest BCUT2D eigenvalue weighted by atomic mass is 10.0. The van der Waals surface area contributed by atoms with Crippen LogP contribution in [0.4, 0.5) is 18.9 Å². The van der Waals surface area contributed by atoms with Crippen molar-refractivity contribution in [3.05, 3.63) is 29.8 Å². The number of aldehydes is 1. The summed E-state index contributed by atoms with van der Waals surface area (Å²) in [6.45, 7) is 0. The van der Waals surface area contributed by atoms with Crippen LogP contribution in [0.2, 0.25) is 0 Å². The summed E-state index contributed by atoms with van der Waals surface area (Å²) in [6, 6.07) is 3.62. The number of hydrogen-bond acceptors (Lipinski definition) is 5. The van der Waals surface area contributed by atoms with E-state index in [0.29, 0.717) is 6.07 Å². The Balaban J connectivity index is 2.92. The SMILES string of the molecule is COC(=O)[C@@H](CC=O)C(=O)C(=O)Nc1cccc(C(F)(F)F)c1. The number of esters is 1. The third-order valence-electron chi connectivity index (χ3n) is 2.81. The number of hydrogen-bond donors (Lipinski definition) is 1. The van der Waals surface area contributed by atoms with Gasteiger partial charge in [-0.15, -0.1) is 0 Å². The van der Waals surface area contributed by atoms with E-state index >= 15 is 0 Å². The highest BCUT2D eigenvalue weighted by Gasteiger charge is 2.33. The van der Waals surface area contributed by atoms with Gasteiger partial charge in [-0.2, -0.15) is 13.2 Å². The van der Waals surface area contributed by atoms with Crippen LogP contribution in [0.1, 0.15) is 12.0 Å². The summed E-state index contributed by atoms with van der Waals surface area (Å²) in [5.41, 5.74) is -1.28. The van der Waals surface area contributed by atoms with Gasteiger partial charge in [0.15, 0.2) is 0 Å². The molecule has 1 amide bonds. The fraction of sp³-hybridized carbons (Fsp3) is 0.286. The Morgan fingerprint density at radius 1 is 1.30 bits per heavy atom. The number of amides is 1. The van der Waals surface area contributed by atoms with Crippen LogP contribution in [-0.4, -0.2) is 31.1 Å². The van der Waals surface area contributed by atoms with Crippen LogP contribution >= 0.6 is 0 Å². The van der Waals surface area contributed by atoms with E-state index in [2.05, 4.69) is 4.74 Å². The normalized spacial score (nSPS) is 12.2. The Morgan fingerprint density at radius 3 is 2.48 bits per heavy atom. The fourth-order valence-corrected chi connectivity index (χ4v) is 1.67. The molecule has 9 heteroatoms. The van der Waals surface area contributed by atoms with Gasteiger partial charge in [0.25, 0.3) is 5.91 Å². The molecule has 6 nitrogen and oxygen atoms in total. The molecule has 0 aliphatic carbocycles. The molecule has 1 atom stereocenters. The van der Waals surface area contributed by atoms with Crippen LogP contribution in [-0.2, 0) is 30.1 Å². The first kappa shape index (κ1) is 18.3. The second-order valence-corrected chi connectivity index (χ2v) is 4.38. The number of Topliss-reactive ketones (excluding diaryl/α,β-unsaturated/α-hetero) is 1. The summed E-state index contributed by atoms with van der Waals surface area (Å²) in [5, 5.41) is 1.96. The molecule has 1 rings (SSSR count). The van der Waals surface area contributed by atoms with E-state index in [9.17, 15) is 32.3 Å². The average molecular weight is 331 g/mol. The van der Waals surface area contributed by atoms with Crippen molar-refractivity contribution in [1.82, 2.24) is 0 Å². The van der Waals surface area contributed by atoms with Gasteiger partial charge in [-0.25, -0.2) is 0 Å². The zero-order valence-corrected chi connectivity index (χ0v) is 11.8. The molecule has 0 saturated heterocycles. The quantitative estimate of drug-likeness (QED) is 0.370. The molecule has 0 unspecified atom stereocenters. The van der Waals surface area contributed by atoms with Crippen molar-refractivity contribution in [3.8, 4) is 0 Å². The van der Waals surface area contributed by atoms with E-state index in [1.807, 2.05) is 5.32 Å². The van der Waals surface area contributed by atoms with Crippen molar-refractivity contribution in [2.24, 2.45) is 5.92 Å². The molecule has 1 aromatic rings. The van der Waals surface area contributed by atoms with Crippen molar-refractivity contribution in [1.29, 1.82) is 0 Å². The molecule has 1 aromatic carbocycles. The number of rotatable bonds is 6. The van der Waals surface area contributed by atoms with Gasteiger partial charge in [0.2, 0.25) is 5.78 Å². The molecule has 0 aliphatic rings. The Morgan fingerprint density at radius 2 is 1.96 bits per heavy atom. The van der Waals surface area contributed by atoms with Gasteiger partial charge < -0.3 is 14.8 Å². The summed E-state index contributed by atoms with van der Waals surface area (Å²) in [6.07, 6.45) is -4.92. The number of alkyl halides is 3. The van der Waals surface area contributed by atoms with Crippen molar-refractivity contribution in [3.63, 3.8) is 0 Å². The van der Waals surface area contributed by atoms with Gasteiger partial charge in [0.1, 0.15) is 12.2 Å². The van der Waals surface area contributed by atoms with Gasteiger partial charge in [0, 0.05) is 12.1 Å². The van der Waals surface area contributed by atoms with Gasteiger partial charge in [-0.1, -0.05) is 6.07 Å².